The van der Waals surface area contributed by atoms with Crippen molar-refractivity contribution >= 4 is 0 Å². The first-order valence-corrected chi connectivity index (χ1v) is 4.51. The third-order valence-electron chi connectivity index (χ3n) is 1.50. The first-order valence-electron chi connectivity index (χ1n) is 4.51. The first-order chi connectivity index (χ1) is 6.33. The summed E-state index contributed by atoms with van der Waals surface area (Å²) in [7, 11) is 0. The third kappa shape index (κ3) is 3.95. The van der Waals surface area contributed by atoms with Crippen LogP contribution in [0.4, 0.5) is 0 Å². The van der Waals surface area contributed by atoms with Gasteiger partial charge in [0.1, 0.15) is 5.75 Å². The van der Waals surface area contributed by atoms with Crippen molar-refractivity contribution in [2.45, 2.75) is 26.6 Å². The lowest BCUT2D eigenvalue weighted by Crippen LogP contribution is -2.14. The van der Waals surface area contributed by atoms with Crippen LogP contribution >= 0.6 is 0 Å². The monoisotopic (exact) mass is 179 g/mol. The molecule has 0 fully saturated rings. The van der Waals surface area contributed by atoms with Gasteiger partial charge in [0.05, 0.1) is 6.61 Å². The smallest absolute Gasteiger partial charge is 0.197 e. The maximum Gasteiger partial charge on any atom is 0.197 e. The molecule has 0 heterocycles. The minimum Gasteiger partial charge on any atom is -0.465 e. The van der Waals surface area contributed by atoms with Crippen LogP contribution in [-0.2, 0) is 4.74 Å². The number of para-hydroxylation sites is 1. The molecular formula is C11H15O2. The zero-order valence-corrected chi connectivity index (χ0v) is 8.07. The van der Waals surface area contributed by atoms with Crippen LogP contribution < -0.4 is 4.74 Å². The molecule has 1 aromatic rings. The van der Waals surface area contributed by atoms with Crippen LogP contribution in [0.1, 0.15) is 20.3 Å². The molecule has 2 heteroatoms. The summed E-state index contributed by atoms with van der Waals surface area (Å²) in [6.07, 6.45) is 0.671. The number of rotatable bonds is 5. The Morgan fingerprint density at radius 1 is 1.31 bits per heavy atom. The number of hydrogen-bond acceptors (Lipinski definition) is 2. The van der Waals surface area contributed by atoms with Gasteiger partial charge in [0, 0.05) is 0 Å². The highest BCUT2D eigenvalue weighted by atomic mass is 16.7. The van der Waals surface area contributed by atoms with E-state index in [1.807, 2.05) is 44.2 Å². The SMILES string of the molecule is CC[CH]OC(C)Oc1ccccc1. The number of hydrogen-bond donors (Lipinski definition) is 0. The van der Waals surface area contributed by atoms with Crippen molar-refractivity contribution < 1.29 is 9.47 Å². The second-order valence-electron chi connectivity index (χ2n) is 2.71. The summed E-state index contributed by atoms with van der Waals surface area (Å²) < 4.78 is 10.7. The minimum atomic E-state index is -0.220. The molecule has 1 radical (unpaired) electrons. The zero-order valence-electron chi connectivity index (χ0n) is 8.07. The Morgan fingerprint density at radius 2 is 2.00 bits per heavy atom. The Labute approximate surface area is 79.5 Å². The molecule has 2 nitrogen and oxygen atoms in total. The zero-order chi connectivity index (χ0) is 9.52. The normalized spacial score (nSPS) is 12.5. The van der Waals surface area contributed by atoms with Crippen molar-refractivity contribution in [2.24, 2.45) is 0 Å². The largest absolute Gasteiger partial charge is 0.465 e. The average molecular weight is 179 g/mol. The molecule has 0 aromatic heterocycles. The minimum absolute atomic E-state index is 0.220. The molecule has 1 rings (SSSR count). The molecule has 0 saturated carbocycles. The predicted molar refractivity (Wildman–Crippen MR) is 52.2 cm³/mol. The topological polar surface area (TPSA) is 18.5 Å². The highest BCUT2D eigenvalue weighted by Gasteiger charge is 2.01. The van der Waals surface area contributed by atoms with Crippen molar-refractivity contribution in [3.8, 4) is 5.75 Å². The van der Waals surface area contributed by atoms with Crippen molar-refractivity contribution in [1.82, 2.24) is 0 Å². The quantitative estimate of drug-likeness (QED) is 0.647. The highest BCUT2D eigenvalue weighted by Crippen LogP contribution is 2.11. The van der Waals surface area contributed by atoms with E-state index in [0.717, 1.165) is 12.2 Å². The molecule has 0 N–H and O–H groups in total. The van der Waals surface area contributed by atoms with E-state index in [-0.39, 0.29) is 6.29 Å². The summed E-state index contributed by atoms with van der Waals surface area (Å²) >= 11 is 0. The van der Waals surface area contributed by atoms with E-state index in [1.165, 1.54) is 0 Å². The second-order valence-corrected chi connectivity index (χ2v) is 2.71. The molecule has 0 amide bonds. The van der Waals surface area contributed by atoms with Crippen molar-refractivity contribution in [1.29, 1.82) is 0 Å². The molecule has 1 atom stereocenters. The average Bonchev–Trinajstić information content (AvgIpc) is 2.16. The fourth-order valence-corrected chi connectivity index (χ4v) is 0.950. The van der Waals surface area contributed by atoms with Gasteiger partial charge in [0.2, 0.25) is 0 Å². The molecule has 1 aromatic carbocycles. The predicted octanol–water partition coefficient (Wildman–Crippen LogP) is 3.00. The first kappa shape index (κ1) is 10.1. The van der Waals surface area contributed by atoms with Gasteiger partial charge in [-0.15, -0.1) is 0 Å². The number of ether oxygens (including phenoxy) is 2. The van der Waals surface area contributed by atoms with Gasteiger partial charge in [-0.1, -0.05) is 25.1 Å². The summed E-state index contributed by atoms with van der Waals surface area (Å²) in [5.74, 6) is 0.833. The summed E-state index contributed by atoms with van der Waals surface area (Å²) in [5.41, 5.74) is 0. The molecule has 0 spiro atoms. The summed E-state index contributed by atoms with van der Waals surface area (Å²) in [4.78, 5) is 0. The third-order valence-corrected chi connectivity index (χ3v) is 1.50. The van der Waals surface area contributed by atoms with Crippen LogP contribution in [0.5, 0.6) is 5.75 Å². The molecule has 0 bridgehead atoms. The Kier molecular flexibility index (Phi) is 4.33. The van der Waals surface area contributed by atoms with Gasteiger partial charge in [-0.25, -0.2) is 0 Å². The van der Waals surface area contributed by atoms with E-state index in [0.29, 0.717) is 0 Å². The molecule has 0 aliphatic carbocycles. The molecule has 13 heavy (non-hydrogen) atoms. The Morgan fingerprint density at radius 3 is 2.62 bits per heavy atom. The van der Waals surface area contributed by atoms with Gasteiger partial charge in [0.15, 0.2) is 6.29 Å². The maximum atomic E-state index is 5.46. The van der Waals surface area contributed by atoms with Crippen molar-refractivity contribution in [3.05, 3.63) is 36.9 Å². The molecule has 0 saturated heterocycles. The summed E-state index contributed by atoms with van der Waals surface area (Å²) in [6.45, 7) is 5.64. The molecule has 1 unspecified atom stereocenters. The Balaban J connectivity index is 2.32. The summed E-state index contributed by atoms with van der Waals surface area (Å²) in [5, 5.41) is 0. The van der Waals surface area contributed by atoms with Crippen LogP contribution in [0, 0.1) is 6.61 Å². The van der Waals surface area contributed by atoms with Gasteiger partial charge in [-0.2, -0.15) is 0 Å². The standard InChI is InChI=1S/C11H15O2/c1-3-9-12-10(2)13-11-7-5-4-6-8-11/h4-10H,3H2,1-2H3. The Hall–Kier alpha value is -1.02. The van der Waals surface area contributed by atoms with Crippen LogP contribution in [0.15, 0.2) is 30.3 Å². The van der Waals surface area contributed by atoms with Gasteiger partial charge in [-0.05, 0) is 25.5 Å². The van der Waals surface area contributed by atoms with E-state index < -0.39 is 0 Å². The van der Waals surface area contributed by atoms with E-state index in [4.69, 9.17) is 9.47 Å². The molecule has 0 aliphatic rings. The number of benzene rings is 1. The highest BCUT2D eigenvalue weighted by molar-refractivity contribution is 5.20. The summed E-state index contributed by atoms with van der Waals surface area (Å²) in [6, 6.07) is 9.64. The lowest BCUT2D eigenvalue weighted by atomic mass is 10.3. The van der Waals surface area contributed by atoms with E-state index in [9.17, 15) is 0 Å². The van der Waals surface area contributed by atoms with E-state index >= 15 is 0 Å². The van der Waals surface area contributed by atoms with Crippen LogP contribution in [0.25, 0.3) is 0 Å². The van der Waals surface area contributed by atoms with Gasteiger partial charge in [0.25, 0.3) is 0 Å². The van der Waals surface area contributed by atoms with Crippen molar-refractivity contribution in [3.63, 3.8) is 0 Å². The fraction of sp³-hybridized carbons (Fsp3) is 0.364. The molecular weight excluding hydrogens is 164 g/mol. The molecule has 71 valence electrons. The van der Waals surface area contributed by atoms with Crippen molar-refractivity contribution in [2.75, 3.05) is 0 Å². The fourth-order valence-electron chi connectivity index (χ4n) is 0.950. The van der Waals surface area contributed by atoms with Gasteiger partial charge >= 0.3 is 0 Å². The second kappa shape index (κ2) is 5.60. The Bertz CT molecular complexity index is 221. The van der Waals surface area contributed by atoms with E-state index in [2.05, 4.69) is 0 Å². The van der Waals surface area contributed by atoms with Crippen LogP contribution in [0.2, 0.25) is 0 Å². The maximum absolute atomic E-state index is 5.46. The van der Waals surface area contributed by atoms with Gasteiger partial charge in [-0.3, -0.25) is 0 Å². The van der Waals surface area contributed by atoms with E-state index in [1.54, 1.807) is 6.61 Å². The lowest BCUT2D eigenvalue weighted by molar-refractivity contribution is -0.0369. The van der Waals surface area contributed by atoms with Crippen LogP contribution in [0.3, 0.4) is 0 Å². The van der Waals surface area contributed by atoms with Crippen LogP contribution in [-0.4, -0.2) is 6.29 Å². The molecule has 0 aliphatic heterocycles. The van der Waals surface area contributed by atoms with Gasteiger partial charge < -0.3 is 9.47 Å². The lowest BCUT2D eigenvalue weighted by Gasteiger charge is -2.14.